The first kappa shape index (κ1) is 11.8. The Labute approximate surface area is 100 Å². The van der Waals surface area contributed by atoms with Gasteiger partial charge in [0.1, 0.15) is 5.82 Å². The van der Waals surface area contributed by atoms with Crippen molar-refractivity contribution < 1.29 is 0 Å². The number of nitrogens with zero attached hydrogens (tertiary/aromatic N) is 1. The molecule has 0 unspecified atom stereocenters. The molecule has 0 aliphatic rings. The van der Waals surface area contributed by atoms with Crippen LogP contribution in [0.4, 0.5) is 0 Å². The van der Waals surface area contributed by atoms with E-state index in [0.29, 0.717) is 5.39 Å². The lowest BCUT2D eigenvalue weighted by atomic mass is 10.2. The SMILES string of the molecule is CCN[C@H](CC)c1nc2ccccc2c(=O)[nH]1. The van der Waals surface area contributed by atoms with Gasteiger partial charge in [0.2, 0.25) is 0 Å². The van der Waals surface area contributed by atoms with E-state index in [2.05, 4.69) is 22.2 Å². The molecule has 0 saturated heterocycles. The first-order valence-electron chi connectivity index (χ1n) is 5.98. The van der Waals surface area contributed by atoms with Crippen LogP contribution in [0.1, 0.15) is 32.1 Å². The smallest absolute Gasteiger partial charge is 0.258 e. The Morgan fingerprint density at radius 1 is 1.35 bits per heavy atom. The average Bonchev–Trinajstić information content (AvgIpc) is 2.36. The van der Waals surface area contributed by atoms with Crippen molar-refractivity contribution in [2.75, 3.05) is 6.54 Å². The van der Waals surface area contributed by atoms with Crippen LogP contribution in [-0.2, 0) is 0 Å². The normalized spacial score (nSPS) is 12.8. The molecule has 0 radical (unpaired) electrons. The quantitative estimate of drug-likeness (QED) is 0.846. The number of hydrogen-bond acceptors (Lipinski definition) is 3. The van der Waals surface area contributed by atoms with Gasteiger partial charge >= 0.3 is 0 Å². The molecule has 1 aromatic carbocycles. The maximum atomic E-state index is 11.9. The molecular formula is C13H17N3O. The number of fused-ring (bicyclic) bond motifs is 1. The summed E-state index contributed by atoms with van der Waals surface area (Å²) in [5.41, 5.74) is 0.685. The molecular weight excluding hydrogens is 214 g/mol. The van der Waals surface area contributed by atoms with Gasteiger partial charge < -0.3 is 10.3 Å². The molecule has 4 heteroatoms. The number of benzene rings is 1. The lowest BCUT2D eigenvalue weighted by molar-refractivity contribution is 0.511. The second-order valence-corrected chi connectivity index (χ2v) is 3.99. The van der Waals surface area contributed by atoms with Gasteiger partial charge in [-0.25, -0.2) is 4.98 Å². The lowest BCUT2D eigenvalue weighted by Crippen LogP contribution is -2.25. The minimum Gasteiger partial charge on any atom is -0.309 e. The summed E-state index contributed by atoms with van der Waals surface area (Å²) in [5, 5.41) is 3.95. The molecule has 90 valence electrons. The predicted molar refractivity (Wildman–Crippen MR) is 69.1 cm³/mol. The number of para-hydroxylation sites is 1. The average molecular weight is 231 g/mol. The molecule has 0 amide bonds. The Hall–Kier alpha value is -1.68. The van der Waals surface area contributed by atoms with Crippen molar-refractivity contribution in [3.8, 4) is 0 Å². The van der Waals surface area contributed by atoms with Gasteiger partial charge in [-0.1, -0.05) is 26.0 Å². The highest BCUT2D eigenvalue weighted by molar-refractivity contribution is 5.77. The first-order valence-corrected chi connectivity index (χ1v) is 5.98. The highest BCUT2D eigenvalue weighted by atomic mass is 16.1. The minimum atomic E-state index is -0.0676. The third-order valence-corrected chi connectivity index (χ3v) is 2.82. The summed E-state index contributed by atoms with van der Waals surface area (Å²) in [6, 6.07) is 7.51. The molecule has 0 fully saturated rings. The second-order valence-electron chi connectivity index (χ2n) is 3.99. The van der Waals surface area contributed by atoms with E-state index in [1.165, 1.54) is 0 Å². The Kier molecular flexibility index (Phi) is 3.54. The van der Waals surface area contributed by atoms with E-state index in [9.17, 15) is 4.79 Å². The van der Waals surface area contributed by atoms with E-state index in [4.69, 9.17) is 0 Å². The predicted octanol–water partition coefficient (Wildman–Crippen LogP) is 1.98. The van der Waals surface area contributed by atoms with Gasteiger partial charge in [0.25, 0.3) is 5.56 Å². The fourth-order valence-electron chi connectivity index (χ4n) is 1.95. The van der Waals surface area contributed by atoms with Crippen molar-refractivity contribution in [3.05, 3.63) is 40.4 Å². The molecule has 2 aromatic rings. The lowest BCUT2D eigenvalue weighted by Gasteiger charge is -2.14. The van der Waals surface area contributed by atoms with Crippen LogP contribution in [0.25, 0.3) is 10.9 Å². The molecule has 2 rings (SSSR count). The molecule has 1 heterocycles. The molecule has 0 bridgehead atoms. The van der Waals surface area contributed by atoms with E-state index in [-0.39, 0.29) is 11.6 Å². The summed E-state index contributed by atoms with van der Waals surface area (Å²) in [6.07, 6.45) is 0.898. The van der Waals surface area contributed by atoms with Gasteiger partial charge in [-0.2, -0.15) is 0 Å². The summed E-state index contributed by atoms with van der Waals surface area (Å²) in [6.45, 7) is 4.97. The largest absolute Gasteiger partial charge is 0.309 e. The molecule has 0 spiro atoms. The van der Waals surface area contributed by atoms with Crippen LogP contribution in [0.5, 0.6) is 0 Å². The molecule has 1 atom stereocenters. The maximum absolute atomic E-state index is 11.9. The van der Waals surface area contributed by atoms with E-state index >= 15 is 0 Å². The number of nitrogens with one attached hydrogen (secondary N) is 2. The van der Waals surface area contributed by atoms with Crippen molar-refractivity contribution >= 4 is 10.9 Å². The zero-order valence-electron chi connectivity index (χ0n) is 10.2. The number of aromatic nitrogens is 2. The summed E-state index contributed by atoms with van der Waals surface area (Å²) in [5.74, 6) is 0.720. The van der Waals surface area contributed by atoms with Gasteiger partial charge in [-0.3, -0.25) is 4.79 Å². The van der Waals surface area contributed by atoms with Crippen molar-refractivity contribution in [2.45, 2.75) is 26.3 Å². The summed E-state index contributed by atoms with van der Waals surface area (Å²) in [4.78, 5) is 19.3. The van der Waals surface area contributed by atoms with Crippen LogP contribution >= 0.6 is 0 Å². The number of rotatable bonds is 4. The van der Waals surface area contributed by atoms with Crippen LogP contribution < -0.4 is 10.9 Å². The Morgan fingerprint density at radius 3 is 2.82 bits per heavy atom. The zero-order chi connectivity index (χ0) is 12.3. The van der Waals surface area contributed by atoms with Crippen molar-refractivity contribution in [3.63, 3.8) is 0 Å². The van der Waals surface area contributed by atoms with Crippen molar-refractivity contribution in [2.24, 2.45) is 0 Å². The van der Waals surface area contributed by atoms with E-state index in [1.807, 2.05) is 25.1 Å². The second kappa shape index (κ2) is 5.10. The molecule has 0 aliphatic heterocycles. The molecule has 2 N–H and O–H groups in total. The standard InChI is InChI=1S/C13H17N3O/c1-3-10(14-4-2)12-15-11-8-6-5-7-9(11)13(17)16-12/h5-8,10,14H,3-4H2,1-2H3,(H,15,16,17)/t10-/m1/s1. The summed E-state index contributed by atoms with van der Waals surface area (Å²) < 4.78 is 0. The molecule has 0 saturated carbocycles. The molecule has 4 nitrogen and oxygen atoms in total. The Morgan fingerprint density at radius 2 is 2.12 bits per heavy atom. The molecule has 1 aromatic heterocycles. The van der Waals surface area contributed by atoms with Crippen molar-refractivity contribution in [1.82, 2.24) is 15.3 Å². The third-order valence-electron chi connectivity index (χ3n) is 2.82. The van der Waals surface area contributed by atoms with Crippen LogP contribution in [0, 0.1) is 0 Å². The van der Waals surface area contributed by atoms with Crippen LogP contribution in [0.3, 0.4) is 0 Å². The Bertz CT molecular complexity index is 562. The Balaban J connectivity index is 2.52. The van der Waals surface area contributed by atoms with Gasteiger partial charge in [-0.15, -0.1) is 0 Å². The highest BCUT2D eigenvalue weighted by Gasteiger charge is 2.11. The van der Waals surface area contributed by atoms with Gasteiger partial charge in [0.15, 0.2) is 0 Å². The molecule has 17 heavy (non-hydrogen) atoms. The van der Waals surface area contributed by atoms with E-state index in [0.717, 1.165) is 24.3 Å². The van der Waals surface area contributed by atoms with Gasteiger partial charge in [0.05, 0.1) is 16.9 Å². The monoisotopic (exact) mass is 231 g/mol. The van der Waals surface area contributed by atoms with E-state index in [1.54, 1.807) is 6.07 Å². The fourth-order valence-corrected chi connectivity index (χ4v) is 1.95. The minimum absolute atomic E-state index is 0.0676. The van der Waals surface area contributed by atoms with Crippen molar-refractivity contribution in [1.29, 1.82) is 0 Å². The maximum Gasteiger partial charge on any atom is 0.258 e. The first-order chi connectivity index (χ1) is 8.26. The topological polar surface area (TPSA) is 57.8 Å². The van der Waals surface area contributed by atoms with E-state index < -0.39 is 0 Å². The fraction of sp³-hybridized carbons (Fsp3) is 0.385. The molecule has 0 aliphatic carbocycles. The highest BCUT2D eigenvalue weighted by Crippen LogP contribution is 2.13. The summed E-state index contributed by atoms with van der Waals surface area (Å²) in [7, 11) is 0. The van der Waals surface area contributed by atoms with Crippen LogP contribution in [0.2, 0.25) is 0 Å². The van der Waals surface area contributed by atoms with Crippen LogP contribution in [0.15, 0.2) is 29.1 Å². The van der Waals surface area contributed by atoms with Gasteiger partial charge in [-0.05, 0) is 25.1 Å². The summed E-state index contributed by atoms with van der Waals surface area (Å²) >= 11 is 0. The third kappa shape index (κ3) is 2.36. The zero-order valence-corrected chi connectivity index (χ0v) is 10.2. The number of aromatic amines is 1. The number of H-pyrrole nitrogens is 1. The van der Waals surface area contributed by atoms with Gasteiger partial charge in [0, 0.05) is 0 Å². The van der Waals surface area contributed by atoms with Crippen LogP contribution in [-0.4, -0.2) is 16.5 Å². The number of hydrogen-bond donors (Lipinski definition) is 2.